The summed E-state index contributed by atoms with van der Waals surface area (Å²) in [5.74, 6) is 0.671. The maximum atomic E-state index is 3.66. The van der Waals surface area contributed by atoms with Gasteiger partial charge in [0.05, 0.1) is 0 Å². The molecule has 0 saturated heterocycles. The minimum Gasteiger partial charge on any atom is -0.310 e. The minimum atomic E-state index is 0.562. The highest BCUT2D eigenvalue weighted by Crippen LogP contribution is 2.43. The van der Waals surface area contributed by atoms with Crippen LogP contribution >= 0.6 is 15.9 Å². The first-order chi connectivity index (χ1) is 7.24. The molecule has 1 aromatic rings. The van der Waals surface area contributed by atoms with E-state index >= 15 is 0 Å². The predicted molar refractivity (Wildman–Crippen MR) is 68.2 cm³/mol. The Morgan fingerprint density at radius 1 is 1.47 bits per heavy atom. The molecule has 2 heteroatoms. The first-order valence-corrected chi connectivity index (χ1v) is 6.55. The fraction of sp³-hybridized carbons (Fsp3) is 0.538. The van der Waals surface area contributed by atoms with Crippen LogP contribution in [0.4, 0.5) is 0 Å². The molecule has 2 unspecified atom stereocenters. The molecule has 2 atom stereocenters. The summed E-state index contributed by atoms with van der Waals surface area (Å²) in [4.78, 5) is 0. The molecule has 0 bridgehead atoms. The van der Waals surface area contributed by atoms with Crippen molar-refractivity contribution in [3.63, 3.8) is 0 Å². The summed E-state index contributed by atoms with van der Waals surface area (Å²) < 4.78 is 1.27. The Labute approximate surface area is 100 Å². The van der Waals surface area contributed by atoms with E-state index < -0.39 is 0 Å². The number of hydrogen-bond acceptors (Lipinski definition) is 1. The Hall–Kier alpha value is -0.340. The van der Waals surface area contributed by atoms with E-state index in [2.05, 4.69) is 53.3 Å². The Morgan fingerprint density at radius 3 is 3.00 bits per heavy atom. The Morgan fingerprint density at radius 2 is 2.27 bits per heavy atom. The van der Waals surface area contributed by atoms with Crippen LogP contribution in [-0.2, 0) is 0 Å². The van der Waals surface area contributed by atoms with E-state index in [0.717, 1.165) is 6.54 Å². The van der Waals surface area contributed by atoms with Crippen molar-refractivity contribution >= 4 is 15.9 Å². The van der Waals surface area contributed by atoms with Gasteiger partial charge in [0.15, 0.2) is 0 Å². The van der Waals surface area contributed by atoms with E-state index in [9.17, 15) is 0 Å². The van der Waals surface area contributed by atoms with Crippen LogP contribution in [0.15, 0.2) is 22.7 Å². The van der Waals surface area contributed by atoms with Gasteiger partial charge in [-0.2, -0.15) is 0 Å². The van der Waals surface area contributed by atoms with Crippen LogP contribution in [0.5, 0.6) is 0 Å². The molecule has 0 spiro atoms. The highest BCUT2D eigenvalue weighted by atomic mass is 79.9. The van der Waals surface area contributed by atoms with Gasteiger partial charge in [-0.1, -0.05) is 41.9 Å². The van der Waals surface area contributed by atoms with Crippen molar-refractivity contribution < 1.29 is 0 Å². The molecule has 1 aliphatic rings. The van der Waals surface area contributed by atoms with E-state index in [0.29, 0.717) is 12.0 Å². The molecule has 1 aromatic carbocycles. The smallest absolute Gasteiger partial charge is 0.0329 e. The normalized spacial score (nSPS) is 24.2. The number of benzene rings is 1. The van der Waals surface area contributed by atoms with Gasteiger partial charge < -0.3 is 5.32 Å². The highest BCUT2D eigenvalue weighted by molar-refractivity contribution is 9.10. The zero-order valence-corrected chi connectivity index (χ0v) is 11.0. The SMILES string of the molecule is CCCNC1CC(C)c2c(Br)cccc21. The van der Waals surface area contributed by atoms with Gasteiger partial charge in [-0.05, 0) is 42.5 Å². The molecule has 0 saturated carbocycles. The van der Waals surface area contributed by atoms with Crippen molar-refractivity contribution in [2.45, 2.75) is 38.6 Å². The number of nitrogens with one attached hydrogen (secondary N) is 1. The molecule has 0 fully saturated rings. The van der Waals surface area contributed by atoms with Gasteiger partial charge in [-0.3, -0.25) is 0 Å². The van der Waals surface area contributed by atoms with Gasteiger partial charge in [0.1, 0.15) is 0 Å². The van der Waals surface area contributed by atoms with E-state index in [1.54, 1.807) is 0 Å². The summed E-state index contributed by atoms with van der Waals surface area (Å²) in [6.45, 7) is 5.65. The molecule has 0 heterocycles. The lowest BCUT2D eigenvalue weighted by Crippen LogP contribution is -2.19. The van der Waals surface area contributed by atoms with Crippen molar-refractivity contribution in [3.05, 3.63) is 33.8 Å². The molecule has 1 nitrogen and oxygen atoms in total. The summed E-state index contributed by atoms with van der Waals surface area (Å²) in [6, 6.07) is 7.11. The van der Waals surface area contributed by atoms with Gasteiger partial charge in [-0.25, -0.2) is 0 Å². The number of rotatable bonds is 3. The van der Waals surface area contributed by atoms with Crippen LogP contribution in [0, 0.1) is 0 Å². The molecule has 82 valence electrons. The first-order valence-electron chi connectivity index (χ1n) is 5.75. The van der Waals surface area contributed by atoms with E-state index in [4.69, 9.17) is 0 Å². The van der Waals surface area contributed by atoms with Gasteiger partial charge in [0.2, 0.25) is 0 Å². The molecule has 0 amide bonds. The lowest BCUT2D eigenvalue weighted by molar-refractivity contribution is 0.505. The Balaban J connectivity index is 2.26. The minimum absolute atomic E-state index is 0.562. The Bertz CT molecular complexity index is 348. The van der Waals surface area contributed by atoms with Gasteiger partial charge in [-0.15, -0.1) is 0 Å². The molecular weight excluding hydrogens is 250 g/mol. The third-order valence-electron chi connectivity index (χ3n) is 3.18. The largest absolute Gasteiger partial charge is 0.310 e. The molecule has 15 heavy (non-hydrogen) atoms. The van der Waals surface area contributed by atoms with Crippen LogP contribution in [0.2, 0.25) is 0 Å². The second kappa shape index (κ2) is 4.67. The van der Waals surface area contributed by atoms with Crippen LogP contribution < -0.4 is 5.32 Å². The summed E-state index contributed by atoms with van der Waals surface area (Å²) in [5, 5.41) is 3.62. The second-order valence-electron chi connectivity index (χ2n) is 4.39. The third kappa shape index (κ3) is 2.11. The van der Waals surface area contributed by atoms with E-state index in [1.165, 1.54) is 28.4 Å². The molecule has 0 aromatic heterocycles. The van der Waals surface area contributed by atoms with Crippen molar-refractivity contribution in [2.75, 3.05) is 6.54 Å². The monoisotopic (exact) mass is 267 g/mol. The average molecular weight is 268 g/mol. The predicted octanol–water partition coefficient (Wildman–Crippen LogP) is 4.00. The van der Waals surface area contributed by atoms with Crippen LogP contribution in [-0.4, -0.2) is 6.54 Å². The number of fused-ring (bicyclic) bond motifs is 1. The molecule has 0 aliphatic heterocycles. The van der Waals surface area contributed by atoms with Crippen molar-refractivity contribution in [2.24, 2.45) is 0 Å². The summed E-state index contributed by atoms with van der Waals surface area (Å²) in [7, 11) is 0. The van der Waals surface area contributed by atoms with Crippen molar-refractivity contribution in [1.29, 1.82) is 0 Å². The number of hydrogen-bond donors (Lipinski definition) is 1. The lowest BCUT2D eigenvalue weighted by atomic mass is 10.0. The van der Waals surface area contributed by atoms with Gasteiger partial charge >= 0.3 is 0 Å². The topological polar surface area (TPSA) is 12.0 Å². The third-order valence-corrected chi connectivity index (χ3v) is 3.88. The van der Waals surface area contributed by atoms with Crippen molar-refractivity contribution in [3.8, 4) is 0 Å². The summed E-state index contributed by atoms with van der Waals surface area (Å²) in [6.07, 6.45) is 2.44. The zero-order valence-electron chi connectivity index (χ0n) is 9.39. The Kier molecular flexibility index (Phi) is 3.47. The van der Waals surface area contributed by atoms with Crippen LogP contribution in [0.25, 0.3) is 0 Å². The van der Waals surface area contributed by atoms with Crippen molar-refractivity contribution in [1.82, 2.24) is 5.32 Å². The van der Waals surface area contributed by atoms with E-state index in [-0.39, 0.29) is 0 Å². The maximum absolute atomic E-state index is 3.66. The summed E-state index contributed by atoms with van der Waals surface area (Å²) >= 11 is 3.66. The van der Waals surface area contributed by atoms with E-state index in [1.807, 2.05) is 0 Å². The quantitative estimate of drug-likeness (QED) is 0.873. The zero-order chi connectivity index (χ0) is 10.8. The maximum Gasteiger partial charge on any atom is 0.0329 e. The van der Waals surface area contributed by atoms with Gasteiger partial charge in [0.25, 0.3) is 0 Å². The van der Waals surface area contributed by atoms with Crippen LogP contribution in [0.1, 0.15) is 49.8 Å². The molecular formula is C13H18BrN. The fourth-order valence-corrected chi connectivity index (χ4v) is 3.26. The second-order valence-corrected chi connectivity index (χ2v) is 5.24. The lowest BCUT2D eigenvalue weighted by Gasteiger charge is -2.13. The summed E-state index contributed by atoms with van der Waals surface area (Å²) in [5.41, 5.74) is 3.00. The highest BCUT2D eigenvalue weighted by Gasteiger charge is 2.28. The average Bonchev–Trinajstić information content (AvgIpc) is 2.54. The standard InChI is InChI=1S/C13H18BrN/c1-3-7-15-12-8-9(2)13-10(12)5-4-6-11(13)14/h4-6,9,12,15H,3,7-8H2,1-2H3. The first kappa shape index (κ1) is 11.2. The molecule has 0 radical (unpaired) electrons. The molecule has 1 aliphatic carbocycles. The van der Waals surface area contributed by atoms with Crippen LogP contribution in [0.3, 0.4) is 0 Å². The fourth-order valence-electron chi connectivity index (χ4n) is 2.49. The molecule has 1 N–H and O–H groups in total. The number of halogens is 1. The van der Waals surface area contributed by atoms with Gasteiger partial charge in [0, 0.05) is 10.5 Å². The molecule has 2 rings (SSSR count).